The van der Waals surface area contributed by atoms with E-state index in [4.69, 9.17) is 4.98 Å². The Labute approximate surface area is 121 Å². The molecule has 1 atom stereocenters. The van der Waals surface area contributed by atoms with Crippen molar-refractivity contribution in [3.63, 3.8) is 0 Å². The summed E-state index contributed by atoms with van der Waals surface area (Å²) in [6.45, 7) is 12.3. The highest BCUT2D eigenvalue weighted by molar-refractivity contribution is 7.09. The number of thiazole rings is 1. The second-order valence-electron chi connectivity index (χ2n) is 6.15. The van der Waals surface area contributed by atoms with Crippen molar-refractivity contribution in [2.45, 2.75) is 65.1 Å². The molecule has 1 saturated heterocycles. The van der Waals surface area contributed by atoms with Crippen LogP contribution in [0.3, 0.4) is 0 Å². The molecular weight excluding hydrogens is 254 g/mol. The fourth-order valence-electron chi connectivity index (χ4n) is 2.52. The summed E-state index contributed by atoms with van der Waals surface area (Å²) >= 11 is 1.80. The average Bonchev–Trinajstić information content (AvgIpc) is 2.98. The number of hydrogen-bond donors (Lipinski definition) is 1. The molecule has 1 unspecified atom stereocenters. The molecule has 1 aliphatic rings. The highest BCUT2D eigenvalue weighted by Gasteiger charge is 2.20. The van der Waals surface area contributed by atoms with Gasteiger partial charge in [-0.3, -0.25) is 4.90 Å². The van der Waals surface area contributed by atoms with Crippen LogP contribution >= 0.6 is 11.3 Å². The lowest BCUT2D eigenvalue weighted by Crippen LogP contribution is -2.40. The van der Waals surface area contributed by atoms with Crippen LogP contribution in [0.4, 0.5) is 0 Å². The maximum Gasteiger partial charge on any atom is 0.0954 e. The summed E-state index contributed by atoms with van der Waals surface area (Å²) in [4.78, 5) is 7.31. The minimum Gasteiger partial charge on any atom is -0.313 e. The fraction of sp³-hybridized carbons (Fsp3) is 0.800. The van der Waals surface area contributed by atoms with Gasteiger partial charge in [-0.25, -0.2) is 4.98 Å². The van der Waals surface area contributed by atoms with E-state index < -0.39 is 0 Å². The Hall–Kier alpha value is -0.450. The van der Waals surface area contributed by atoms with Gasteiger partial charge in [-0.1, -0.05) is 13.8 Å². The lowest BCUT2D eigenvalue weighted by atomic mass is 10.2. The molecule has 0 radical (unpaired) electrons. The first-order chi connectivity index (χ1) is 9.06. The molecule has 0 aliphatic carbocycles. The van der Waals surface area contributed by atoms with Crippen molar-refractivity contribution < 1.29 is 0 Å². The summed E-state index contributed by atoms with van der Waals surface area (Å²) in [5, 5.41) is 7.08. The molecule has 19 heavy (non-hydrogen) atoms. The van der Waals surface area contributed by atoms with Gasteiger partial charge in [-0.05, 0) is 33.2 Å². The predicted molar refractivity (Wildman–Crippen MR) is 82.8 cm³/mol. The Morgan fingerprint density at radius 3 is 2.74 bits per heavy atom. The van der Waals surface area contributed by atoms with Crippen LogP contribution in [0.1, 0.15) is 57.2 Å². The summed E-state index contributed by atoms with van der Waals surface area (Å²) in [6.07, 6.45) is 2.64. The van der Waals surface area contributed by atoms with Gasteiger partial charge >= 0.3 is 0 Å². The smallest absolute Gasteiger partial charge is 0.0954 e. The molecule has 2 heterocycles. The SMILES string of the molecule is CC(C)c1nc(CN(CC2CCCN2)C(C)C)cs1. The first-order valence-electron chi connectivity index (χ1n) is 7.48. The maximum atomic E-state index is 4.76. The van der Waals surface area contributed by atoms with Gasteiger partial charge in [0.1, 0.15) is 0 Å². The van der Waals surface area contributed by atoms with Crippen LogP contribution in [0.15, 0.2) is 5.38 Å². The topological polar surface area (TPSA) is 28.2 Å². The molecule has 1 fully saturated rings. The lowest BCUT2D eigenvalue weighted by molar-refractivity contribution is 0.192. The van der Waals surface area contributed by atoms with Crippen molar-refractivity contribution in [2.24, 2.45) is 0 Å². The molecule has 3 nitrogen and oxygen atoms in total. The predicted octanol–water partition coefficient (Wildman–Crippen LogP) is 3.23. The summed E-state index contributed by atoms with van der Waals surface area (Å²) in [6, 6.07) is 1.25. The van der Waals surface area contributed by atoms with E-state index >= 15 is 0 Å². The molecule has 108 valence electrons. The van der Waals surface area contributed by atoms with Crippen molar-refractivity contribution in [2.75, 3.05) is 13.1 Å². The number of aromatic nitrogens is 1. The Morgan fingerprint density at radius 1 is 1.42 bits per heavy atom. The molecule has 0 saturated carbocycles. The second-order valence-corrected chi connectivity index (χ2v) is 7.04. The van der Waals surface area contributed by atoms with Crippen molar-refractivity contribution in [1.82, 2.24) is 15.2 Å². The van der Waals surface area contributed by atoms with Crippen LogP contribution in [-0.2, 0) is 6.54 Å². The van der Waals surface area contributed by atoms with Gasteiger partial charge < -0.3 is 5.32 Å². The molecule has 0 bridgehead atoms. The van der Waals surface area contributed by atoms with Crippen LogP contribution in [0.5, 0.6) is 0 Å². The molecule has 1 aromatic heterocycles. The number of hydrogen-bond acceptors (Lipinski definition) is 4. The van der Waals surface area contributed by atoms with Crippen LogP contribution in [0.25, 0.3) is 0 Å². The van der Waals surface area contributed by atoms with E-state index in [9.17, 15) is 0 Å². The Bertz CT molecular complexity index is 380. The van der Waals surface area contributed by atoms with Gasteiger partial charge in [0.25, 0.3) is 0 Å². The van der Waals surface area contributed by atoms with Crippen molar-refractivity contribution in [3.05, 3.63) is 16.1 Å². The molecule has 1 aromatic rings. The van der Waals surface area contributed by atoms with Crippen LogP contribution < -0.4 is 5.32 Å². The number of nitrogens with one attached hydrogen (secondary N) is 1. The largest absolute Gasteiger partial charge is 0.313 e. The first-order valence-corrected chi connectivity index (χ1v) is 8.36. The first kappa shape index (κ1) is 14.9. The standard InChI is InChI=1S/C15H27N3S/c1-11(2)15-17-14(10-19-15)9-18(12(3)4)8-13-6-5-7-16-13/h10-13,16H,5-9H2,1-4H3. The van der Waals surface area contributed by atoms with Gasteiger partial charge in [0.2, 0.25) is 0 Å². The Morgan fingerprint density at radius 2 is 2.21 bits per heavy atom. The van der Waals surface area contributed by atoms with Crippen LogP contribution in [0, 0.1) is 0 Å². The third kappa shape index (κ3) is 4.26. The van der Waals surface area contributed by atoms with E-state index in [1.165, 1.54) is 30.1 Å². The van der Waals surface area contributed by atoms with Gasteiger partial charge in [0.15, 0.2) is 0 Å². The average molecular weight is 281 g/mol. The van der Waals surface area contributed by atoms with E-state index in [2.05, 4.69) is 43.3 Å². The molecular formula is C15H27N3S. The van der Waals surface area contributed by atoms with E-state index in [1.54, 1.807) is 11.3 Å². The van der Waals surface area contributed by atoms with Crippen molar-refractivity contribution >= 4 is 11.3 Å². The third-order valence-corrected chi connectivity index (χ3v) is 4.97. The fourth-order valence-corrected chi connectivity index (χ4v) is 3.35. The number of rotatable bonds is 6. The van der Waals surface area contributed by atoms with E-state index in [0.29, 0.717) is 18.0 Å². The molecule has 0 aromatic carbocycles. The molecule has 1 N–H and O–H groups in total. The zero-order chi connectivity index (χ0) is 13.8. The minimum atomic E-state index is 0.544. The molecule has 1 aliphatic heterocycles. The van der Waals surface area contributed by atoms with Gasteiger partial charge in [-0.2, -0.15) is 0 Å². The van der Waals surface area contributed by atoms with Crippen molar-refractivity contribution in [3.8, 4) is 0 Å². The highest BCUT2D eigenvalue weighted by Crippen LogP contribution is 2.21. The maximum absolute atomic E-state index is 4.76. The third-order valence-electron chi connectivity index (χ3n) is 3.78. The van der Waals surface area contributed by atoms with Gasteiger partial charge in [0.05, 0.1) is 10.7 Å². The lowest BCUT2D eigenvalue weighted by Gasteiger charge is -2.28. The molecule has 0 spiro atoms. The zero-order valence-electron chi connectivity index (χ0n) is 12.6. The monoisotopic (exact) mass is 281 g/mol. The second kappa shape index (κ2) is 6.82. The molecule has 0 amide bonds. The summed E-state index contributed by atoms with van der Waals surface area (Å²) in [5.41, 5.74) is 1.24. The van der Waals surface area contributed by atoms with E-state index in [-0.39, 0.29) is 0 Å². The van der Waals surface area contributed by atoms with Gasteiger partial charge in [0, 0.05) is 36.5 Å². The number of nitrogens with zero attached hydrogens (tertiary/aromatic N) is 2. The van der Waals surface area contributed by atoms with E-state index in [1.807, 2.05) is 0 Å². The summed E-state index contributed by atoms with van der Waals surface area (Å²) < 4.78 is 0. The summed E-state index contributed by atoms with van der Waals surface area (Å²) in [5.74, 6) is 0.544. The summed E-state index contributed by atoms with van der Waals surface area (Å²) in [7, 11) is 0. The van der Waals surface area contributed by atoms with E-state index in [0.717, 1.165) is 13.1 Å². The molecule has 2 rings (SSSR count). The quantitative estimate of drug-likeness (QED) is 0.867. The normalized spacial score (nSPS) is 20.1. The zero-order valence-corrected chi connectivity index (χ0v) is 13.5. The highest BCUT2D eigenvalue weighted by atomic mass is 32.1. The minimum absolute atomic E-state index is 0.544. The van der Waals surface area contributed by atoms with Gasteiger partial charge in [-0.15, -0.1) is 11.3 Å². The Kier molecular flexibility index (Phi) is 5.37. The van der Waals surface area contributed by atoms with Crippen LogP contribution in [-0.4, -0.2) is 35.1 Å². The molecule has 4 heteroatoms. The van der Waals surface area contributed by atoms with Crippen molar-refractivity contribution in [1.29, 1.82) is 0 Å². The van der Waals surface area contributed by atoms with Crippen LogP contribution in [0.2, 0.25) is 0 Å². The Balaban J connectivity index is 1.94.